The van der Waals surface area contributed by atoms with Gasteiger partial charge in [-0.15, -0.1) is 0 Å². The molecule has 0 aliphatic carbocycles. The smallest absolute Gasteiger partial charge is 0.303 e. The zero-order valence-electron chi connectivity index (χ0n) is 11.8. The van der Waals surface area contributed by atoms with Crippen LogP contribution in [0.4, 0.5) is 0 Å². The Hall–Kier alpha value is -2.37. The summed E-state index contributed by atoms with van der Waals surface area (Å²) in [6, 6.07) is 3.61. The van der Waals surface area contributed by atoms with Crippen LogP contribution >= 0.6 is 0 Å². The number of hydrogen-bond donors (Lipinski definition) is 3. The van der Waals surface area contributed by atoms with Crippen LogP contribution in [0.1, 0.15) is 42.6 Å². The first-order valence-corrected chi connectivity index (χ1v) is 7.09. The van der Waals surface area contributed by atoms with E-state index >= 15 is 0 Å². The SMILES string of the molecule is O=C(O)CCCCCCNC(=O)c1cc2cnccc2[nH]1. The third-order valence-corrected chi connectivity index (χ3v) is 3.27. The van der Waals surface area contributed by atoms with Gasteiger partial charge in [-0.05, 0) is 25.0 Å². The second kappa shape index (κ2) is 7.42. The fourth-order valence-corrected chi connectivity index (χ4v) is 2.15. The maximum Gasteiger partial charge on any atom is 0.303 e. The molecule has 0 unspecified atom stereocenters. The number of carboxylic acids is 1. The van der Waals surface area contributed by atoms with Crippen LogP contribution < -0.4 is 5.32 Å². The molecule has 6 heteroatoms. The van der Waals surface area contributed by atoms with Gasteiger partial charge in [-0.3, -0.25) is 14.6 Å². The lowest BCUT2D eigenvalue weighted by Gasteiger charge is -2.03. The number of fused-ring (bicyclic) bond motifs is 1. The number of carbonyl (C=O) groups excluding carboxylic acids is 1. The minimum absolute atomic E-state index is 0.128. The minimum atomic E-state index is -0.753. The summed E-state index contributed by atoms with van der Waals surface area (Å²) >= 11 is 0. The van der Waals surface area contributed by atoms with Crippen LogP contribution in [0.3, 0.4) is 0 Å². The lowest BCUT2D eigenvalue weighted by atomic mass is 10.1. The molecule has 0 atom stereocenters. The molecule has 21 heavy (non-hydrogen) atoms. The van der Waals surface area contributed by atoms with E-state index in [1.54, 1.807) is 18.5 Å². The van der Waals surface area contributed by atoms with Crippen LogP contribution in [0, 0.1) is 0 Å². The summed E-state index contributed by atoms with van der Waals surface area (Å²) in [4.78, 5) is 29.4. The van der Waals surface area contributed by atoms with Gasteiger partial charge in [0.2, 0.25) is 0 Å². The Morgan fingerprint density at radius 2 is 2.05 bits per heavy atom. The molecule has 1 amide bonds. The lowest BCUT2D eigenvalue weighted by Crippen LogP contribution is -2.24. The van der Waals surface area contributed by atoms with Crippen molar-refractivity contribution >= 4 is 22.8 Å². The fraction of sp³-hybridized carbons (Fsp3) is 0.400. The van der Waals surface area contributed by atoms with Crippen molar-refractivity contribution in [3.63, 3.8) is 0 Å². The predicted octanol–water partition coefficient (Wildman–Crippen LogP) is 2.33. The normalized spacial score (nSPS) is 10.7. The first-order chi connectivity index (χ1) is 10.2. The Kier molecular flexibility index (Phi) is 5.31. The van der Waals surface area contributed by atoms with Crippen molar-refractivity contribution in [3.8, 4) is 0 Å². The van der Waals surface area contributed by atoms with Crippen LogP contribution in [-0.2, 0) is 4.79 Å². The maximum absolute atomic E-state index is 12.0. The van der Waals surface area contributed by atoms with Crippen LogP contribution in [-0.4, -0.2) is 33.5 Å². The average Bonchev–Trinajstić information content (AvgIpc) is 2.89. The number of amides is 1. The Morgan fingerprint density at radius 1 is 1.24 bits per heavy atom. The van der Waals surface area contributed by atoms with Crippen molar-refractivity contribution in [3.05, 3.63) is 30.2 Å². The van der Waals surface area contributed by atoms with Crippen molar-refractivity contribution in [2.75, 3.05) is 6.54 Å². The van der Waals surface area contributed by atoms with Gasteiger partial charge in [0.25, 0.3) is 5.91 Å². The van der Waals surface area contributed by atoms with Crippen LogP contribution in [0.5, 0.6) is 0 Å². The largest absolute Gasteiger partial charge is 0.481 e. The standard InChI is InChI=1S/C15H19N3O3/c19-14(20)5-3-1-2-4-7-17-15(21)13-9-11-10-16-8-6-12(11)18-13/h6,8-10,18H,1-5,7H2,(H,17,21)(H,19,20). The van der Waals surface area contributed by atoms with Crippen LogP contribution in [0.15, 0.2) is 24.5 Å². The molecule has 0 saturated carbocycles. The average molecular weight is 289 g/mol. The molecule has 3 N–H and O–H groups in total. The van der Waals surface area contributed by atoms with Gasteiger partial charge in [-0.1, -0.05) is 12.8 Å². The second-order valence-electron chi connectivity index (χ2n) is 4.96. The monoisotopic (exact) mass is 289 g/mol. The highest BCUT2D eigenvalue weighted by Gasteiger charge is 2.08. The number of hydrogen-bond acceptors (Lipinski definition) is 3. The fourth-order valence-electron chi connectivity index (χ4n) is 2.15. The van der Waals surface area contributed by atoms with E-state index < -0.39 is 5.97 Å². The summed E-state index contributed by atoms with van der Waals surface area (Å²) in [5.41, 5.74) is 1.42. The highest BCUT2D eigenvalue weighted by molar-refractivity contribution is 5.97. The van der Waals surface area contributed by atoms with E-state index in [1.807, 2.05) is 6.07 Å². The van der Waals surface area contributed by atoms with Crippen molar-refractivity contribution in [2.24, 2.45) is 0 Å². The molecule has 0 aliphatic heterocycles. The van der Waals surface area contributed by atoms with Gasteiger partial charge in [0.15, 0.2) is 0 Å². The van der Waals surface area contributed by atoms with E-state index in [4.69, 9.17) is 5.11 Å². The van der Waals surface area contributed by atoms with E-state index in [-0.39, 0.29) is 12.3 Å². The van der Waals surface area contributed by atoms with Crippen LogP contribution in [0.25, 0.3) is 10.9 Å². The number of unbranched alkanes of at least 4 members (excludes halogenated alkanes) is 3. The van der Waals surface area contributed by atoms with Gasteiger partial charge in [0.05, 0.1) is 0 Å². The van der Waals surface area contributed by atoms with Gasteiger partial charge in [-0.25, -0.2) is 0 Å². The number of nitrogens with zero attached hydrogens (tertiary/aromatic N) is 1. The van der Waals surface area contributed by atoms with Gasteiger partial charge < -0.3 is 15.4 Å². The Bertz CT molecular complexity index is 588. The highest BCUT2D eigenvalue weighted by Crippen LogP contribution is 2.13. The lowest BCUT2D eigenvalue weighted by molar-refractivity contribution is -0.137. The van der Waals surface area contributed by atoms with Gasteiger partial charge in [-0.2, -0.15) is 0 Å². The molecule has 0 bridgehead atoms. The molecular formula is C15H19N3O3. The molecule has 112 valence electrons. The third kappa shape index (κ3) is 4.59. The third-order valence-electron chi connectivity index (χ3n) is 3.27. The molecule has 6 nitrogen and oxygen atoms in total. The van der Waals surface area contributed by atoms with Gasteiger partial charge in [0.1, 0.15) is 5.69 Å². The number of nitrogens with one attached hydrogen (secondary N) is 2. The van der Waals surface area contributed by atoms with Crippen molar-refractivity contribution < 1.29 is 14.7 Å². The molecule has 2 rings (SSSR count). The maximum atomic E-state index is 12.0. The summed E-state index contributed by atoms with van der Waals surface area (Å²) in [5.74, 6) is -0.881. The number of pyridine rings is 1. The summed E-state index contributed by atoms with van der Waals surface area (Å²) < 4.78 is 0. The predicted molar refractivity (Wildman–Crippen MR) is 79.1 cm³/mol. The summed E-state index contributed by atoms with van der Waals surface area (Å²) in [5, 5.41) is 12.3. The first kappa shape index (κ1) is 15.0. The number of carboxylic acid groups (broad SMARTS) is 1. The Morgan fingerprint density at radius 3 is 2.81 bits per heavy atom. The zero-order valence-corrected chi connectivity index (χ0v) is 11.8. The zero-order chi connectivity index (χ0) is 15.1. The second-order valence-corrected chi connectivity index (χ2v) is 4.96. The Balaban J connectivity index is 1.69. The summed E-state index contributed by atoms with van der Waals surface area (Å²) in [6.45, 7) is 0.597. The molecule has 0 radical (unpaired) electrons. The topological polar surface area (TPSA) is 95.1 Å². The van der Waals surface area contributed by atoms with Crippen molar-refractivity contribution in [1.82, 2.24) is 15.3 Å². The number of aromatic amines is 1. The summed E-state index contributed by atoms with van der Waals surface area (Å²) in [7, 11) is 0. The molecule has 0 spiro atoms. The Labute approximate surface area is 122 Å². The van der Waals surface area contributed by atoms with E-state index in [0.29, 0.717) is 18.7 Å². The quantitative estimate of drug-likeness (QED) is 0.650. The number of rotatable bonds is 8. The summed E-state index contributed by atoms with van der Waals surface area (Å²) in [6.07, 6.45) is 6.95. The number of aliphatic carboxylic acids is 1. The molecule has 0 saturated heterocycles. The van der Waals surface area contributed by atoms with Gasteiger partial charge >= 0.3 is 5.97 Å². The molecule has 2 heterocycles. The molecule has 2 aromatic heterocycles. The minimum Gasteiger partial charge on any atom is -0.481 e. The van der Waals surface area contributed by atoms with Crippen LogP contribution in [0.2, 0.25) is 0 Å². The first-order valence-electron chi connectivity index (χ1n) is 7.09. The molecule has 0 fully saturated rings. The molecule has 0 aromatic carbocycles. The van der Waals surface area contributed by atoms with Gasteiger partial charge in [0, 0.05) is 36.3 Å². The highest BCUT2D eigenvalue weighted by atomic mass is 16.4. The molecule has 0 aliphatic rings. The molecular weight excluding hydrogens is 270 g/mol. The van der Waals surface area contributed by atoms with Crippen molar-refractivity contribution in [1.29, 1.82) is 0 Å². The molecule has 2 aromatic rings. The number of H-pyrrole nitrogens is 1. The van der Waals surface area contributed by atoms with E-state index in [0.717, 1.165) is 30.2 Å². The van der Waals surface area contributed by atoms with E-state index in [2.05, 4.69) is 15.3 Å². The number of aromatic nitrogens is 2. The van der Waals surface area contributed by atoms with E-state index in [1.165, 1.54) is 0 Å². The number of carbonyl (C=O) groups is 2. The van der Waals surface area contributed by atoms with Crippen molar-refractivity contribution in [2.45, 2.75) is 32.1 Å². The van der Waals surface area contributed by atoms with E-state index in [9.17, 15) is 9.59 Å².